The Morgan fingerprint density at radius 3 is 1.98 bits per heavy atom. The zero-order valence-electron chi connectivity index (χ0n) is 32.7. The van der Waals surface area contributed by atoms with Crippen LogP contribution in [0.3, 0.4) is 0 Å². The highest BCUT2D eigenvalue weighted by molar-refractivity contribution is 5.69. The summed E-state index contributed by atoms with van der Waals surface area (Å²) in [6, 6.07) is 0. The Kier molecular flexibility index (Phi) is 15.8. The molecular formula is C45H80O2. The van der Waals surface area contributed by atoms with Crippen LogP contribution in [-0.4, -0.2) is 12.1 Å². The Hall–Kier alpha value is -0.790. The van der Waals surface area contributed by atoms with Crippen molar-refractivity contribution in [3.05, 3.63) is 11.6 Å². The molecule has 0 heterocycles. The highest BCUT2D eigenvalue weighted by Crippen LogP contribution is 2.67. The molecule has 0 bridgehead atoms. The van der Waals surface area contributed by atoms with Crippen LogP contribution >= 0.6 is 0 Å². The maximum atomic E-state index is 12.8. The van der Waals surface area contributed by atoms with Crippen LogP contribution < -0.4 is 0 Å². The van der Waals surface area contributed by atoms with Crippen LogP contribution in [0, 0.1) is 52.3 Å². The summed E-state index contributed by atoms with van der Waals surface area (Å²) in [6.45, 7) is 17.5. The molecule has 9 atom stereocenters. The van der Waals surface area contributed by atoms with Crippen LogP contribution in [0.5, 0.6) is 0 Å². The molecule has 3 saturated carbocycles. The van der Waals surface area contributed by atoms with Crippen molar-refractivity contribution in [3.8, 4) is 0 Å². The second-order valence-electron chi connectivity index (χ2n) is 18.3. The molecule has 2 nitrogen and oxygen atoms in total. The van der Waals surface area contributed by atoms with E-state index >= 15 is 0 Å². The van der Waals surface area contributed by atoms with Crippen molar-refractivity contribution in [2.24, 2.45) is 52.3 Å². The van der Waals surface area contributed by atoms with Gasteiger partial charge in [0.05, 0.1) is 0 Å². The first-order valence-corrected chi connectivity index (χ1v) is 21.5. The molecule has 2 heteroatoms. The van der Waals surface area contributed by atoms with Gasteiger partial charge in [-0.15, -0.1) is 0 Å². The Morgan fingerprint density at radius 2 is 1.36 bits per heavy atom. The van der Waals surface area contributed by atoms with Crippen molar-refractivity contribution in [1.29, 1.82) is 0 Å². The zero-order valence-corrected chi connectivity index (χ0v) is 32.7. The average molecular weight is 653 g/mol. The van der Waals surface area contributed by atoms with Gasteiger partial charge in [0.1, 0.15) is 6.10 Å². The molecule has 0 saturated heterocycles. The molecule has 0 aromatic rings. The molecule has 0 aromatic heterocycles. The molecule has 47 heavy (non-hydrogen) atoms. The van der Waals surface area contributed by atoms with Crippen molar-refractivity contribution < 1.29 is 9.53 Å². The predicted molar refractivity (Wildman–Crippen MR) is 202 cm³/mol. The van der Waals surface area contributed by atoms with E-state index in [9.17, 15) is 4.79 Å². The monoisotopic (exact) mass is 653 g/mol. The molecule has 0 radical (unpaired) electrons. The van der Waals surface area contributed by atoms with E-state index in [1.54, 1.807) is 0 Å². The van der Waals surface area contributed by atoms with E-state index in [2.05, 4.69) is 54.5 Å². The minimum atomic E-state index is 0.0759. The molecule has 3 fully saturated rings. The van der Waals surface area contributed by atoms with Gasteiger partial charge in [-0.25, -0.2) is 0 Å². The number of ether oxygens (including phenoxy) is 1. The summed E-state index contributed by atoms with van der Waals surface area (Å²) in [5.41, 5.74) is 2.78. The second-order valence-corrected chi connectivity index (χ2v) is 18.3. The normalized spacial score (nSPS) is 33.1. The van der Waals surface area contributed by atoms with Crippen molar-refractivity contribution in [2.75, 3.05) is 0 Å². The molecule has 4 aliphatic carbocycles. The number of esters is 1. The van der Waals surface area contributed by atoms with E-state index in [-0.39, 0.29) is 12.1 Å². The SMILES string of the molecule is CCCCCCCCCCCCCCCC(=O)O[C@H]1CC[C@@]2(C)[C@@H](CC=C3[C@H]2CC[C@]2(C)[C@@H]([C@H](C)CC[C@H](CC)C(C)C)CC[C@@H]32)C1. The van der Waals surface area contributed by atoms with E-state index in [1.165, 1.54) is 135 Å². The summed E-state index contributed by atoms with van der Waals surface area (Å²) in [7, 11) is 0. The molecule has 4 aliphatic rings. The maximum Gasteiger partial charge on any atom is 0.306 e. The van der Waals surface area contributed by atoms with Gasteiger partial charge in [0.15, 0.2) is 0 Å². The molecule has 4 rings (SSSR count). The van der Waals surface area contributed by atoms with Gasteiger partial charge in [-0.1, -0.05) is 150 Å². The van der Waals surface area contributed by atoms with E-state index in [0.717, 1.165) is 54.8 Å². The molecule has 0 N–H and O–H groups in total. The summed E-state index contributed by atoms with van der Waals surface area (Å²) >= 11 is 0. The van der Waals surface area contributed by atoms with Crippen LogP contribution in [0.2, 0.25) is 0 Å². The summed E-state index contributed by atoms with van der Waals surface area (Å²) in [4.78, 5) is 12.8. The minimum Gasteiger partial charge on any atom is -0.462 e. The second kappa shape index (κ2) is 19.0. The lowest BCUT2D eigenvalue weighted by atomic mass is 9.47. The third-order valence-electron chi connectivity index (χ3n) is 15.0. The van der Waals surface area contributed by atoms with Crippen LogP contribution in [-0.2, 0) is 9.53 Å². The van der Waals surface area contributed by atoms with Crippen LogP contribution in [0.4, 0.5) is 0 Å². The number of carbonyl (C=O) groups is 1. The summed E-state index contributed by atoms with van der Waals surface area (Å²) in [5, 5.41) is 0. The van der Waals surface area contributed by atoms with Crippen molar-refractivity contribution in [1.82, 2.24) is 0 Å². The molecule has 0 unspecified atom stereocenters. The molecule has 0 aliphatic heterocycles. The Bertz CT molecular complexity index is 950. The van der Waals surface area contributed by atoms with Gasteiger partial charge in [0, 0.05) is 6.42 Å². The first kappa shape index (κ1) is 39.0. The number of hydrogen-bond donors (Lipinski definition) is 0. The highest BCUT2D eigenvalue weighted by Gasteiger charge is 2.58. The number of unbranched alkanes of at least 4 members (excludes halogenated alkanes) is 12. The fourth-order valence-electron chi connectivity index (χ4n) is 11.8. The first-order valence-electron chi connectivity index (χ1n) is 21.5. The standard InChI is InChI=1S/C45H80O2/c1-8-10-11-12-13-14-15-16-17-18-19-20-21-22-43(46)47-38-29-31-44(6)37(33-38)25-26-39-41-28-27-40(45(41,7)32-30-42(39)44)35(5)23-24-36(9-2)34(3)4/h26,34-38,40-42H,8-25,27-33H2,1-7H3/t35-,36+,37+,38+,40-,41+,42-,44+,45-/m1/s1. The van der Waals surface area contributed by atoms with Crippen LogP contribution in [0.1, 0.15) is 209 Å². The first-order chi connectivity index (χ1) is 22.6. The highest BCUT2D eigenvalue weighted by atomic mass is 16.5. The lowest BCUT2D eigenvalue weighted by Gasteiger charge is -2.58. The smallest absolute Gasteiger partial charge is 0.306 e. The van der Waals surface area contributed by atoms with Gasteiger partial charge >= 0.3 is 5.97 Å². The van der Waals surface area contributed by atoms with Crippen molar-refractivity contribution in [2.45, 2.75) is 215 Å². The lowest BCUT2D eigenvalue weighted by molar-refractivity contribution is -0.155. The van der Waals surface area contributed by atoms with Gasteiger partial charge in [-0.3, -0.25) is 4.79 Å². The van der Waals surface area contributed by atoms with Gasteiger partial charge in [0.25, 0.3) is 0 Å². The Labute approximate surface area is 293 Å². The fourth-order valence-corrected chi connectivity index (χ4v) is 11.8. The molecule has 0 spiro atoms. The van der Waals surface area contributed by atoms with Crippen molar-refractivity contribution in [3.63, 3.8) is 0 Å². The molecule has 0 amide bonds. The predicted octanol–water partition coefficient (Wildman–Crippen LogP) is 14.1. The molecule has 0 aromatic carbocycles. The Morgan fingerprint density at radius 1 is 0.766 bits per heavy atom. The number of carbonyl (C=O) groups excluding carboxylic acids is 1. The van der Waals surface area contributed by atoms with Gasteiger partial charge < -0.3 is 4.74 Å². The molecule has 272 valence electrons. The third kappa shape index (κ3) is 10.1. The van der Waals surface area contributed by atoms with E-state index in [0.29, 0.717) is 23.2 Å². The fraction of sp³-hybridized carbons (Fsp3) is 0.933. The van der Waals surface area contributed by atoms with E-state index in [4.69, 9.17) is 4.74 Å². The van der Waals surface area contributed by atoms with Crippen LogP contribution in [0.25, 0.3) is 0 Å². The van der Waals surface area contributed by atoms with Crippen molar-refractivity contribution >= 4 is 5.97 Å². The summed E-state index contributed by atoms with van der Waals surface area (Å²) < 4.78 is 6.16. The van der Waals surface area contributed by atoms with Gasteiger partial charge in [-0.2, -0.15) is 0 Å². The number of allylic oxidation sites excluding steroid dienone is 2. The maximum absolute atomic E-state index is 12.8. The van der Waals surface area contributed by atoms with Gasteiger partial charge in [0.2, 0.25) is 0 Å². The lowest BCUT2D eigenvalue weighted by Crippen LogP contribution is -2.50. The zero-order chi connectivity index (χ0) is 33.9. The average Bonchev–Trinajstić information content (AvgIpc) is 3.41. The number of hydrogen-bond acceptors (Lipinski definition) is 2. The summed E-state index contributed by atoms with van der Waals surface area (Å²) in [6.07, 6.45) is 35.5. The number of fused-ring (bicyclic) bond motifs is 5. The summed E-state index contributed by atoms with van der Waals surface area (Å²) in [5.74, 6) is 5.80. The van der Waals surface area contributed by atoms with E-state index < -0.39 is 0 Å². The largest absolute Gasteiger partial charge is 0.462 e. The Balaban J connectivity index is 1.16. The van der Waals surface area contributed by atoms with Gasteiger partial charge in [-0.05, 0) is 116 Å². The topological polar surface area (TPSA) is 26.3 Å². The quantitative estimate of drug-likeness (QED) is 0.0700. The van der Waals surface area contributed by atoms with E-state index in [1.807, 2.05) is 5.57 Å². The number of rotatable bonds is 21. The van der Waals surface area contributed by atoms with Crippen LogP contribution in [0.15, 0.2) is 11.6 Å². The third-order valence-corrected chi connectivity index (χ3v) is 15.0. The minimum absolute atomic E-state index is 0.0759. The molecular weight excluding hydrogens is 572 g/mol.